The summed E-state index contributed by atoms with van der Waals surface area (Å²) in [5.41, 5.74) is 1.92. The molecule has 0 aromatic carbocycles. The summed E-state index contributed by atoms with van der Waals surface area (Å²) < 4.78 is 2.10. The van der Waals surface area contributed by atoms with E-state index in [9.17, 15) is 0 Å². The van der Waals surface area contributed by atoms with Crippen molar-refractivity contribution in [2.45, 2.75) is 18.8 Å². The Morgan fingerprint density at radius 2 is 2.33 bits per heavy atom. The molecule has 18 heavy (non-hydrogen) atoms. The summed E-state index contributed by atoms with van der Waals surface area (Å²) in [6.45, 7) is 2.62. The first-order chi connectivity index (χ1) is 8.75. The minimum Gasteiger partial charge on any atom is -0.320 e. The second-order valence-electron chi connectivity index (χ2n) is 3.96. The SMILES string of the molecule is CC(Cl)c1nc2cnccc2n1Cc1nccs1. The molecule has 3 aromatic rings. The third-order valence-corrected chi connectivity index (χ3v) is 3.67. The number of rotatable bonds is 3. The fourth-order valence-electron chi connectivity index (χ4n) is 1.94. The van der Waals surface area contributed by atoms with Gasteiger partial charge in [-0.1, -0.05) is 0 Å². The van der Waals surface area contributed by atoms with E-state index in [0.717, 1.165) is 21.9 Å². The van der Waals surface area contributed by atoms with E-state index in [1.807, 2.05) is 24.6 Å². The Balaban J connectivity index is 2.15. The molecule has 0 aliphatic rings. The minimum absolute atomic E-state index is 0.141. The summed E-state index contributed by atoms with van der Waals surface area (Å²) in [5.74, 6) is 0.856. The molecule has 1 atom stereocenters. The Bertz CT molecular complexity index is 660. The van der Waals surface area contributed by atoms with Crippen molar-refractivity contribution in [3.63, 3.8) is 0 Å². The average molecular weight is 279 g/mol. The molecular weight excluding hydrogens is 268 g/mol. The maximum atomic E-state index is 6.20. The molecule has 3 rings (SSSR count). The number of halogens is 1. The van der Waals surface area contributed by atoms with Gasteiger partial charge in [0, 0.05) is 17.8 Å². The molecule has 4 nitrogen and oxygen atoms in total. The van der Waals surface area contributed by atoms with E-state index in [0.29, 0.717) is 6.54 Å². The van der Waals surface area contributed by atoms with Gasteiger partial charge in [0.25, 0.3) is 0 Å². The predicted octanol–water partition coefficient (Wildman–Crippen LogP) is 3.24. The van der Waals surface area contributed by atoms with Crippen LogP contribution in [0.4, 0.5) is 0 Å². The van der Waals surface area contributed by atoms with Gasteiger partial charge < -0.3 is 4.57 Å². The maximum absolute atomic E-state index is 6.20. The third-order valence-electron chi connectivity index (χ3n) is 2.71. The lowest BCUT2D eigenvalue weighted by molar-refractivity contribution is 0.738. The number of thiazole rings is 1. The van der Waals surface area contributed by atoms with Crippen LogP contribution < -0.4 is 0 Å². The van der Waals surface area contributed by atoms with E-state index in [1.54, 1.807) is 23.7 Å². The molecule has 0 aliphatic carbocycles. The average Bonchev–Trinajstić information content (AvgIpc) is 2.98. The molecule has 0 saturated carbocycles. The fourth-order valence-corrected chi connectivity index (χ4v) is 2.71. The largest absolute Gasteiger partial charge is 0.320 e. The second-order valence-corrected chi connectivity index (χ2v) is 5.60. The summed E-state index contributed by atoms with van der Waals surface area (Å²) in [5, 5.41) is 2.88. The van der Waals surface area contributed by atoms with Crippen molar-refractivity contribution in [2.24, 2.45) is 0 Å². The zero-order chi connectivity index (χ0) is 12.5. The third kappa shape index (κ3) is 2.00. The van der Waals surface area contributed by atoms with Crippen molar-refractivity contribution in [3.8, 4) is 0 Å². The molecule has 3 heterocycles. The summed E-state index contributed by atoms with van der Waals surface area (Å²) in [6, 6.07) is 1.96. The first kappa shape index (κ1) is 11.6. The normalized spacial score (nSPS) is 13.0. The Morgan fingerprint density at radius 1 is 1.44 bits per heavy atom. The van der Waals surface area contributed by atoms with Crippen LogP contribution in [0.5, 0.6) is 0 Å². The van der Waals surface area contributed by atoms with E-state index in [-0.39, 0.29) is 5.38 Å². The predicted molar refractivity (Wildman–Crippen MR) is 73.0 cm³/mol. The van der Waals surface area contributed by atoms with Gasteiger partial charge in [-0.05, 0) is 13.0 Å². The lowest BCUT2D eigenvalue weighted by atomic mass is 10.4. The number of nitrogens with zero attached hydrogens (tertiary/aromatic N) is 4. The van der Waals surface area contributed by atoms with Gasteiger partial charge in [0.15, 0.2) is 0 Å². The lowest BCUT2D eigenvalue weighted by Crippen LogP contribution is -2.05. The van der Waals surface area contributed by atoms with Crippen LogP contribution in [0.1, 0.15) is 23.1 Å². The quantitative estimate of drug-likeness (QED) is 0.691. The molecule has 92 valence electrons. The van der Waals surface area contributed by atoms with Crippen LogP contribution in [0, 0.1) is 0 Å². The van der Waals surface area contributed by atoms with Gasteiger partial charge in [-0.2, -0.15) is 0 Å². The summed E-state index contributed by atoms with van der Waals surface area (Å²) in [4.78, 5) is 12.9. The van der Waals surface area contributed by atoms with Crippen LogP contribution in [0.25, 0.3) is 11.0 Å². The zero-order valence-electron chi connectivity index (χ0n) is 9.75. The van der Waals surface area contributed by atoms with Gasteiger partial charge >= 0.3 is 0 Å². The Kier molecular flexibility index (Phi) is 3.01. The van der Waals surface area contributed by atoms with Gasteiger partial charge in [0.05, 0.1) is 23.6 Å². The van der Waals surface area contributed by atoms with Gasteiger partial charge in [0.1, 0.15) is 16.3 Å². The molecule has 0 N–H and O–H groups in total. The van der Waals surface area contributed by atoms with E-state index < -0.39 is 0 Å². The number of pyridine rings is 1. The number of aromatic nitrogens is 4. The van der Waals surface area contributed by atoms with Gasteiger partial charge in [-0.25, -0.2) is 9.97 Å². The molecular formula is C12H11ClN4S. The number of hydrogen-bond donors (Lipinski definition) is 0. The van der Waals surface area contributed by atoms with Crippen molar-refractivity contribution in [1.29, 1.82) is 0 Å². The second kappa shape index (κ2) is 4.66. The van der Waals surface area contributed by atoms with Crippen molar-refractivity contribution in [1.82, 2.24) is 19.5 Å². The van der Waals surface area contributed by atoms with Crippen LogP contribution in [-0.2, 0) is 6.54 Å². The van der Waals surface area contributed by atoms with Crippen LogP contribution in [0.2, 0.25) is 0 Å². The summed E-state index contributed by atoms with van der Waals surface area (Å²) in [6.07, 6.45) is 5.34. The molecule has 0 fully saturated rings. The highest BCUT2D eigenvalue weighted by Gasteiger charge is 2.15. The van der Waals surface area contributed by atoms with Gasteiger partial charge in [-0.3, -0.25) is 4.98 Å². The minimum atomic E-state index is -0.141. The van der Waals surface area contributed by atoms with E-state index in [1.165, 1.54) is 0 Å². The van der Waals surface area contributed by atoms with Gasteiger partial charge in [0.2, 0.25) is 0 Å². The van der Waals surface area contributed by atoms with Crippen molar-refractivity contribution in [3.05, 3.63) is 40.9 Å². The highest BCUT2D eigenvalue weighted by Crippen LogP contribution is 2.25. The van der Waals surface area contributed by atoms with Crippen molar-refractivity contribution >= 4 is 34.0 Å². The first-order valence-electron chi connectivity index (χ1n) is 5.58. The molecule has 0 aliphatic heterocycles. The molecule has 0 radical (unpaired) electrons. The topological polar surface area (TPSA) is 43.6 Å². The Hall–Kier alpha value is -1.46. The number of hydrogen-bond acceptors (Lipinski definition) is 4. The fraction of sp³-hybridized carbons (Fsp3) is 0.250. The number of fused-ring (bicyclic) bond motifs is 1. The molecule has 0 amide bonds. The highest BCUT2D eigenvalue weighted by atomic mass is 35.5. The Labute approximate surface area is 113 Å². The van der Waals surface area contributed by atoms with Crippen LogP contribution >= 0.6 is 22.9 Å². The summed E-state index contributed by atoms with van der Waals surface area (Å²) in [7, 11) is 0. The van der Waals surface area contributed by atoms with Crippen LogP contribution in [0.15, 0.2) is 30.0 Å². The van der Waals surface area contributed by atoms with Crippen molar-refractivity contribution < 1.29 is 0 Å². The van der Waals surface area contributed by atoms with Crippen LogP contribution in [-0.4, -0.2) is 19.5 Å². The smallest absolute Gasteiger partial charge is 0.128 e. The summed E-state index contributed by atoms with van der Waals surface area (Å²) >= 11 is 7.83. The monoisotopic (exact) mass is 278 g/mol. The standard InChI is InChI=1S/C12H11ClN4S/c1-8(13)12-16-9-6-14-3-2-10(9)17(12)7-11-15-4-5-18-11/h2-6,8H,7H2,1H3. The maximum Gasteiger partial charge on any atom is 0.128 e. The highest BCUT2D eigenvalue weighted by molar-refractivity contribution is 7.09. The van der Waals surface area contributed by atoms with E-state index in [4.69, 9.17) is 11.6 Å². The molecule has 3 aromatic heterocycles. The molecule has 1 unspecified atom stereocenters. The molecule has 6 heteroatoms. The van der Waals surface area contributed by atoms with Crippen LogP contribution in [0.3, 0.4) is 0 Å². The zero-order valence-corrected chi connectivity index (χ0v) is 11.3. The van der Waals surface area contributed by atoms with Gasteiger partial charge in [-0.15, -0.1) is 22.9 Å². The number of alkyl halides is 1. The van der Waals surface area contributed by atoms with Crippen molar-refractivity contribution in [2.75, 3.05) is 0 Å². The first-order valence-corrected chi connectivity index (χ1v) is 6.90. The molecule has 0 bridgehead atoms. The molecule has 0 spiro atoms. The Morgan fingerprint density at radius 3 is 3.06 bits per heavy atom. The lowest BCUT2D eigenvalue weighted by Gasteiger charge is -2.08. The number of imidazole rings is 1. The van der Waals surface area contributed by atoms with E-state index >= 15 is 0 Å². The molecule has 0 saturated heterocycles. The van der Waals surface area contributed by atoms with E-state index in [2.05, 4.69) is 19.5 Å².